The zero-order valence-corrected chi connectivity index (χ0v) is 82.9. The Morgan fingerprint density at radius 1 is 0.635 bits per heavy atom. The van der Waals surface area contributed by atoms with Gasteiger partial charge in [0.2, 0.25) is 33.8 Å². The highest BCUT2D eigenvalue weighted by Crippen LogP contribution is 2.36. The third-order valence-electron chi connectivity index (χ3n) is 26.1. The number of hydrogen-bond acceptors (Lipinski definition) is 32. The van der Waals surface area contributed by atoms with Gasteiger partial charge >= 0.3 is 0 Å². The molecule has 0 saturated carbocycles. The number of amides is 1. The number of thiophene rings is 1. The van der Waals surface area contributed by atoms with Gasteiger partial charge in [-0.25, -0.2) is 50.1 Å². The Labute approximate surface area is 805 Å². The number of nitrogens with zero attached hydrogens (tertiary/aromatic N) is 18. The number of piperidine rings is 2. The van der Waals surface area contributed by atoms with E-state index in [1.54, 1.807) is 89.9 Å². The third kappa shape index (κ3) is 24.0. The minimum atomic E-state index is -3.66. The third-order valence-corrected chi connectivity index (χ3v) is 34.6. The molecule has 137 heavy (non-hydrogen) atoms. The van der Waals surface area contributed by atoms with Gasteiger partial charge in [-0.05, 0) is 221 Å². The first-order valence-electron chi connectivity index (χ1n) is 46.8. The van der Waals surface area contributed by atoms with Gasteiger partial charge in [0, 0.05) is 202 Å². The van der Waals surface area contributed by atoms with Gasteiger partial charge in [0.15, 0.2) is 9.84 Å². The number of pyridine rings is 3. The second-order valence-corrected chi connectivity index (χ2v) is 45.5. The molecule has 18 rings (SSSR count). The summed E-state index contributed by atoms with van der Waals surface area (Å²) in [4.78, 5) is 106. The summed E-state index contributed by atoms with van der Waals surface area (Å²) in [6.07, 6.45) is 17.1. The summed E-state index contributed by atoms with van der Waals surface area (Å²) in [6.45, 7) is 20.0. The van der Waals surface area contributed by atoms with Crippen molar-refractivity contribution in [2.45, 2.75) is 119 Å². The van der Waals surface area contributed by atoms with E-state index in [0.717, 1.165) is 130 Å². The van der Waals surface area contributed by atoms with Crippen molar-refractivity contribution in [3.63, 3.8) is 0 Å². The van der Waals surface area contributed by atoms with Crippen molar-refractivity contribution in [1.29, 1.82) is 0 Å². The van der Waals surface area contributed by atoms with Gasteiger partial charge in [-0.2, -0.15) is 15.0 Å². The molecule has 0 bridgehead atoms. The number of imidazole rings is 1. The maximum Gasteiger partial charge on any atom is 0.262 e. The van der Waals surface area contributed by atoms with E-state index in [2.05, 4.69) is 123 Å². The molecule has 2 atom stereocenters. The lowest BCUT2D eigenvalue weighted by Gasteiger charge is -2.33. The van der Waals surface area contributed by atoms with Crippen LogP contribution in [0.15, 0.2) is 151 Å². The van der Waals surface area contributed by atoms with Gasteiger partial charge in [-0.3, -0.25) is 42.0 Å². The van der Waals surface area contributed by atoms with E-state index in [0.29, 0.717) is 165 Å². The number of anilines is 8. The van der Waals surface area contributed by atoms with Gasteiger partial charge in [-0.15, -0.1) is 22.7 Å². The van der Waals surface area contributed by atoms with Crippen molar-refractivity contribution in [3.05, 3.63) is 176 Å². The number of likely N-dealkylation sites (tertiary alicyclic amines) is 2. The molecule has 6 aliphatic rings. The molecule has 0 spiro atoms. The lowest BCUT2D eigenvalue weighted by molar-refractivity contribution is -0.130. The Kier molecular flexibility index (Phi) is 32.2. The molecule has 6 fully saturated rings. The molecule has 0 radical (unpaired) electrons. The smallest absolute Gasteiger partial charge is 0.262 e. The van der Waals surface area contributed by atoms with E-state index in [1.165, 1.54) is 83.1 Å². The van der Waals surface area contributed by atoms with Crippen LogP contribution in [0.2, 0.25) is 0 Å². The Balaban J connectivity index is 0.000000149. The lowest BCUT2D eigenvalue weighted by Crippen LogP contribution is -2.43. The number of halogens is 1. The summed E-state index contributed by atoms with van der Waals surface area (Å²) in [6, 6.07) is 28.7. The first kappa shape index (κ1) is 99.1. The first-order valence-corrected chi connectivity index (χ1v) is 53.6. The number of carbonyl (C=O) groups is 1. The molecule has 6 saturated heterocycles. The number of carbonyl (C=O) groups excluding carboxylic acids is 1. The van der Waals surface area contributed by atoms with Crippen molar-refractivity contribution in [2.75, 3.05) is 197 Å². The molecular weight excluding hydrogens is 1850 g/mol. The maximum absolute atomic E-state index is 15.1. The Bertz CT molecular complexity index is 6830. The molecule has 1 amide bonds. The lowest BCUT2D eigenvalue weighted by atomic mass is 9.91. The zero-order chi connectivity index (χ0) is 96.2. The predicted octanol–water partition coefficient (Wildman–Crippen LogP) is 10.3. The number of benzene rings is 3. The highest BCUT2D eigenvalue weighted by molar-refractivity contribution is 8.02. The van der Waals surface area contributed by atoms with E-state index in [9.17, 15) is 40.2 Å². The van der Waals surface area contributed by atoms with Gasteiger partial charge in [0.1, 0.15) is 44.8 Å². The van der Waals surface area contributed by atoms with Crippen molar-refractivity contribution in [2.24, 2.45) is 11.8 Å². The summed E-state index contributed by atoms with van der Waals surface area (Å²) in [5, 5.41) is 19.7. The van der Waals surface area contributed by atoms with Crippen molar-refractivity contribution < 1.29 is 44.4 Å². The Morgan fingerprint density at radius 3 is 1.86 bits per heavy atom. The number of methoxy groups -OCH3 is 1. The molecule has 12 aromatic rings. The number of rotatable bonds is 31. The normalized spacial score (nSPS) is 17.3. The Hall–Kier alpha value is -10.9. The monoisotopic (exact) mass is 1970 g/mol. The fourth-order valence-corrected chi connectivity index (χ4v) is 24.5. The van der Waals surface area contributed by atoms with Crippen molar-refractivity contribution in [3.8, 4) is 32.3 Å². The van der Waals surface area contributed by atoms with Crippen LogP contribution in [0.3, 0.4) is 0 Å². The van der Waals surface area contributed by atoms with Crippen LogP contribution in [0.4, 0.5) is 50.7 Å². The number of fused-ring (bicyclic) bond motifs is 3. The summed E-state index contributed by atoms with van der Waals surface area (Å²) in [7, 11) is -0.106. The largest absolute Gasteiger partial charge is 0.384 e. The summed E-state index contributed by atoms with van der Waals surface area (Å²) >= 11 is 2.44. The standard InChI is InChI=1S/C34H46N8O3S2.C32H39N7O5S2.C30H37FN8O4S/c1-39(2)16-19-47(4,44)30-23-35-32(46-30)29-21-27-22-36-34(38-31(27)42(33(29)43)13-12-41-14-17-45-18-15-41)37-28-9-7-25(8-10-28)20-26-6-5-11-40(3)24-26;1-37(25-9-11-33-12-10-25)24-7-5-23(6-8-24)35-32-34-19-22-17-27(28-18-26(21-45-28)46(42,43)16-15-44-2)31(41)39(30(22)36-32)20-29(40)38-13-3-4-14-38;1-19(2)44(41,42)39-18-34-27(20(39)3)24-14-22-16-33-30(36-28(22)38(29(24)40)17-21-6-12-43-13-7-21)35-23-4-5-26(25(31)15-23)37-10-8-32-9-11-37/h7-10,21-23,26H,4-6,11-20,24H2,1-3H3,(H,36,37,38);5-8,17-19,21,25,33H,3-4,9-16,20H2,1-2H3,(H,34,35,36);4-5,14-16,18-19,21,32H,6-13,17H2,1-3H3,(H,33,35,36). The molecule has 5 N–H and O–H groups in total. The molecule has 730 valence electrons. The number of ether oxygens (including phenoxy) is 3. The molecule has 41 heteroatoms. The fourth-order valence-electron chi connectivity index (χ4n) is 18.0. The average Bonchev–Trinajstić information content (AvgIpc) is 1.03. The summed E-state index contributed by atoms with van der Waals surface area (Å²) < 4.78 is 102. The van der Waals surface area contributed by atoms with Crippen molar-refractivity contribution >= 4 is 143 Å². The number of piperazine rings is 1. The maximum atomic E-state index is 15.1. The molecule has 9 aromatic heterocycles. The number of nitrogens with one attached hydrogen (secondary N) is 5. The van der Waals surface area contributed by atoms with Crippen LogP contribution < -0.4 is 53.1 Å². The van der Waals surface area contributed by atoms with Crippen LogP contribution in [-0.4, -0.2) is 293 Å². The van der Waals surface area contributed by atoms with Crippen LogP contribution in [0, 0.1) is 24.6 Å². The number of sulfone groups is 1. The van der Waals surface area contributed by atoms with Crippen molar-refractivity contribution in [1.82, 2.24) is 87.8 Å². The van der Waals surface area contributed by atoms with Crippen LogP contribution in [0.5, 0.6) is 0 Å². The van der Waals surface area contributed by atoms with Gasteiger partial charge < -0.3 is 65.3 Å². The van der Waals surface area contributed by atoms with Crippen LogP contribution in [0.25, 0.3) is 65.4 Å². The van der Waals surface area contributed by atoms with Gasteiger partial charge in [0.25, 0.3) is 16.7 Å². The number of hydrogen-bond donors (Lipinski definition) is 5. The van der Waals surface area contributed by atoms with Crippen LogP contribution in [-0.2, 0) is 74.4 Å². The zero-order valence-electron chi connectivity index (χ0n) is 78.8. The van der Waals surface area contributed by atoms with E-state index >= 15 is 4.39 Å². The SMILES string of the molecule is C=S(=O)(CCN(C)C)c1cnc(-c2cc3cnc(Nc4ccc(CC5CCCN(C)C5)cc4)nc3n(CCN3CCOCC3)c2=O)s1.COCCS(=O)(=O)c1csc(-c2cc3cnc(Nc4ccc(N(C)C5CCNCC5)cc4)nc3n(CC(=O)N3CCCC3)c2=O)c1.Cc1c(-c2cc3cnc(Nc4ccc(N5CCNCC5)c(F)c4)nc3n(CC3CCOCC3)c2=O)ncn1S(=O)(=O)C(C)C. The molecule has 6 aliphatic heterocycles. The molecular formula is C96H122FN23O12S5. The minimum Gasteiger partial charge on any atom is -0.384 e. The number of morpholine rings is 1. The summed E-state index contributed by atoms with van der Waals surface area (Å²) in [5.41, 5.74) is 7.23. The Morgan fingerprint density at radius 2 is 1.23 bits per heavy atom. The van der Waals surface area contributed by atoms with Gasteiger partial charge in [0.05, 0.1) is 75.7 Å². The first-order chi connectivity index (χ1) is 66.0. The van der Waals surface area contributed by atoms with Gasteiger partial charge in [-0.1, -0.05) is 12.1 Å². The molecule has 15 heterocycles. The number of thiazole rings is 1. The topological polar surface area (TPSA) is 384 Å². The quantitative estimate of drug-likeness (QED) is 0.0252. The average molecular weight is 1970 g/mol. The fraction of sp³-hybridized carbons (Fsp3) is 0.469. The second-order valence-electron chi connectivity index (χ2n) is 36.4. The highest BCUT2D eigenvalue weighted by atomic mass is 32.2. The second kappa shape index (κ2) is 44.5. The molecule has 35 nitrogen and oxygen atoms in total. The predicted molar refractivity (Wildman–Crippen MR) is 541 cm³/mol. The van der Waals surface area contributed by atoms with Crippen LogP contribution >= 0.6 is 22.7 Å². The van der Waals surface area contributed by atoms with E-state index < -0.39 is 40.2 Å². The van der Waals surface area contributed by atoms with E-state index in [-0.39, 0.29) is 69.6 Å². The minimum absolute atomic E-state index is 0.0716. The molecule has 2 unspecified atom stereocenters. The molecule has 3 aromatic carbocycles. The van der Waals surface area contributed by atoms with E-state index in [4.69, 9.17) is 29.2 Å². The highest BCUT2D eigenvalue weighted by Gasteiger charge is 2.31. The number of aromatic nitrogens is 12. The van der Waals surface area contributed by atoms with Crippen LogP contribution in [0.1, 0.15) is 76.5 Å². The summed E-state index contributed by atoms with van der Waals surface area (Å²) in [5.74, 6) is 5.61. The van der Waals surface area contributed by atoms with E-state index in [1.807, 2.05) is 36.0 Å². The molecule has 0 aliphatic carbocycles.